The lowest BCUT2D eigenvalue weighted by Crippen LogP contribution is -2.24. The maximum atomic E-state index is 11.3. The van der Waals surface area contributed by atoms with Crippen LogP contribution in [0.4, 0.5) is 0 Å². The fraction of sp³-hybridized carbons (Fsp3) is 0.900. The first-order valence-electron chi connectivity index (χ1n) is 5.20. The van der Waals surface area contributed by atoms with Crippen LogP contribution in [0.2, 0.25) is 16.6 Å². The Hall–Kier alpha value is -0.113. The van der Waals surface area contributed by atoms with E-state index in [1.807, 2.05) is 0 Å². The highest BCUT2D eigenvalue weighted by molar-refractivity contribution is 6.68. The number of Topliss-reactive ketones (excluding diaryl/α,β-unsaturated/α-hetero) is 1. The third-order valence-electron chi connectivity index (χ3n) is 3.55. The van der Waals surface area contributed by atoms with Gasteiger partial charge in [0, 0.05) is 5.54 Å². The maximum absolute atomic E-state index is 11.3. The number of hydrogen-bond acceptors (Lipinski definition) is 1. The molecule has 0 aliphatic heterocycles. The molecule has 0 aromatic carbocycles. The molecule has 1 nitrogen and oxygen atoms in total. The summed E-state index contributed by atoms with van der Waals surface area (Å²) in [5, 5.41) is 0. The van der Waals surface area contributed by atoms with Crippen molar-refractivity contribution in [2.45, 2.75) is 56.2 Å². The molecule has 0 spiro atoms. The SMILES string of the molecule is CC(=O)C(C)[SiH](C1CC1)C1CC1. The molecule has 1 unspecified atom stereocenters. The molecule has 12 heavy (non-hydrogen) atoms. The van der Waals surface area contributed by atoms with Crippen LogP contribution in [0.25, 0.3) is 0 Å². The third kappa shape index (κ3) is 1.63. The zero-order valence-electron chi connectivity index (χ0n) is 8.05. The van der Waals surface area contributed by atoms with Gasteiger partial charge in [-0.2, -0.15) is 0 Å². The Morgan fingerprint density at radius 1 is 1.25 bits per heavy atom. The van der Waals surface area contributed by atoms with Gasteiger partial charge >= 0.3 is 0 Å². The minimum absolute atomic E-state index is 0.463. The van der Waals surface area contributed by atoms with E-state index >= 15 is 0 Å². The third-order valence-corrected chi connectivity index (χ3v) is 8.69. The lowest BCUT2D eigenvalue weighted by Gasteiger charge is -2.19. The summed E-state index contributed by atoms with van der Waals surface area (Å²) in [4.78, 5) is 11.3. The minimum atomic E-state index is -0.660. The summed E-state index contributed by atoms with van der Waals surface area (Å²) in [5.74, 6) is 0.463. The molecule has 2 aliphatic carbocycles. The number of ketones is 1. The maximum Gasteiger partial charge on any atom is 0.129 e. The van der Waals surface area contributed by atoms with Crippen molar-refractivity contribution in [3.05, 3.63) is 0 Å². The summed E-state index contributed by atoms with van der Waals surface area (Å²) in [6.45, 7) is 3.98. The molecule has 0 amide bonds. The van der Waals surface area contributed by atoms with Gasteiger partial charge in [-0.1, -0.05) is 32.6 Å². The Kier molecular flexibility index (Phi) is 2.11. The summed E-state index contributed by atoms with van der Waals surface area (Å²) < 4.78 is 0. The predicted molar refractivity (Wildman–Crippen MR) is 53.2 cm³/mol. The van der Waals surface area contributed by atoms with E-state index in [2.05, 4.69) is 6.92 Å². The van der Waals surface area contributed by atoms with Gasteiger partial charge in [-0.15, -0.1) is 0 Å². The zero-order chi connectivity index (χ0) is 8.72. The highest BCUT2D eigenvalue weighted by Gasteiger charge is 2.46. The molecular weight excluding hydrogens is 164 g/mol. The molecule has 0 aromatic rings. The van der Waals surface area contributed by atoms with E-state index in [4.69, 9.17) is 0 Å². The van der Waals surface area contributed by atoms with Crippen molar-refractivity contribution in [1.82, 2.24) is 0 Å². The predicted octanol–water partition coefficient (Wildman–Crippen LogP) is 2.52. The largest absolute Gasteiger partial charge is 0.300 e. The summed E-state index contributed by atoms with van der Waals surface area (Å²) in [5.41, 5.74) is 2.58. The van der Waals surface area contributed by atoms with E-state index in [-0.39, 0.29) is 0 Å². The van der Waals surface area contributed by atoms with Gasteiger partial charge in [0.25, 0.3) is 0 Å². The van der Waals surface area contributed by atoms with Crippen molar-refractivity contribution in [3.63, 3.8) is 0 Å². The molecule has 2 saturated carbocycles. The highest BCUT2D eigenvalue weighted by Crippen LogP contribution is 2.55. The van der Waals surface area contributed by atoms with Gasteiger partial charge in [0.1, 0.15) is 5.78 Å². The van der Waals surface area contributed by atoms with E-state index in [1.165, 1.54) is 25.7 Å². The lowest BCUT2D eigenvalue weighted by atomic mass is 10.3. The zero-order valence-corrected chi connectivity index (χ0v) is 9.20. The van der Waals surface area contributed by atoms with Crippen molar-refractivity contribution in [1.29, 1.82) is 0 Å². The monoisotopic (exact) mass is 182 g/mol. The van der Waals surface area contributed by atoms with Crippen LogP contribution in [0.5, 0.6) is 0 Å². The summed E-state index contributed by atoms with van der Waals surface area (Å²) in [6.07, 6.45) is 5.80. The number of carbonyl (C=O) groups is 1. The highest BCUT2D eigenvalue weighted by atomic mass is 28.3. The summed E-state index contributed by atoms with van der Waals surface area (Å²) in [7, 11) is -0.660. The topological polar surface area (TPSA) is 17.1 Å². The van der Waals surface area contributed by atoms with Gasteiger partial charge in [0.2, 0.25) is 0 Å². The Balaban J connectivity index is 1.99. The average molecular weight is 182 g/mol. The molecule has 68 valence electrons. The molecule has 0 saturated heterocycles. The van der Waals surface area contributed by atoms with Crippen molar-refractivity contribution >= 4 is 14.6 Å². The average Bonchev–Trinajstić information content (AvgIpc) is 2.81. The van der Waals surface area contributed by atoms with Crippen LogP contribution >= 0.6 is 0 Å². The first-order valence-corrected chi connectivity index (χ1v) is 7.20. The van der Waals surface area contributed by atoms with Gasteiger partial charge < -0.3 is 4.79 Å². The normalized spacial score (nSPS) is 25.9. The molecular formula is C10H18OSi. The molecule has 0 aromatic heterocycles. The van der Waals surface area contributed by atoms with E-state index in [0.717, 1.165) is 11.1 Å². The first-order chi connectivity index (χ1) is 5.70. The molecule has 2 aliphatic rings. The van der Waals surface area contributed by atoms with E-state index in [1.54, 1.807) is 6.92 Å². The van der Waals surface area contributed by atoms with Gasteiger partial charge in [0.05, 0.1) is 8.80 Å². The molecule has 1 atom stereocenters. The standard InChI is InChI=1S/C10H18OSi/c1-7(11)8(2)12(9-3-4-9)10-5-6-10/h8-10,12H,3-6H2,1-2H3. The second-order valence-corrected chi connectivity index (χ2v) is 8.69. The second-order valence-electron chi connectivity index (χ2n) is 4.65. The molecule has 2 rings (SSSR count). The summed E-state index contributed by atoms with van der Waals surface area (Å²) >= 11 is 0. The van der Waals surface area contributed by atoms with Gasteiger partial charge in [0.15, 0.2) is 0 Å². The second kappa shape index (κ2) is 2.98. The lowest BCUT2D eigenvalue weighted by molar-refractivity contribution is -0.116. The number of hydrogen-bond donors (Lipinski definition) is 0. The van der Waals surface area contributed by atoms with Gasteiger partial charge in [-0.25, -0.2) is 0 Å². The van der Waals surface area contributed by atoms with E-state index in [9.17, 15) is 4.79 Å². The van der Waals surface area contributed by atoms with E-state index in [0.29, 0.717) is 11.3 Å². The van der Waals surface area contributed by atoms with Crippen molar-refractivity contribution < 1.29 is 4.79 Å². The molecule has 0 N–H and O–H groups in total. The van der Waals surface area contributed by atoms with Crippen LogP contribution in [-0.2, 0) is 4.79 Å². The molecule has 0 heterocycles. The molecule has 0 bridgehead atoms. The minimum Gasteiger partial charge on any atom is -0.300 e. The van der Waals surface area contributed by atoms with Crippen LogP contribution in [0.15, 0.2) is 0 Å². The Morgan fingerprint density at radius 3 is 1.92 bits per heavy atom. The first kappa shape index (κ1) is 8.48. The molecule has 2 fully saturated rings. The molecule has 2 heteroatoms. The Bertz CT molecular complexity index is 182. The quantitative estimate of drug-likeness (QED) is 0.611. The van der Waals surface area contributed by atoms with Gasteiger partial charge in [-0.05, 0) is 18.0 Å². The number of carbonyl (C=O) groups excluding carboxylic acids is 1. The fourth-order valence-corrected chi connectivity index (χ4v) is 7.30. The van der Waals surface area contributed by atoms with Crippen molar-refractivity contribution in [2.75, 3.05) is 0 Å². The van der Waals surface area contributed by atoms with Crippen molar-refractivity contribution in [3.8, 4) is 0 Å². The summed E-state index contributed by atoms with van der Waals surface area (Å²) in [6, 6.07) is 0. The fourth-order valence-electron chi connectivity index (χ4n) is 2.43. The Morgan fingerprint density at radius 2 is 1.67 bits per heavy atom. The van der Waals surface area contributed by atoms with Crippen LogP contribution in [-0.4, -0.2) is 14.6 Å². The van der Waals surface area contributed by atoms with Crippen LogP contribution in [0.1, 0.15) is 39.5 Å². The number of rotatable bonds is 4. The van der Waals surface area contributed by atoms with Crippen LogP contribution < -0.4 is 0 Å². The van der Waals surface area contributed by atoms with Gasteiger partial charge in [-0.3, -0.25) is 0 Å². The van der Waals surface area contributed by atoms with Crippen LogP contribution in [0, 0.1) is 0 Å². The molecule has 0 radical (unpaired) electrons. The van der Waals surface area contributed by atoms with E-state index < -0.39 is 8.80 Å². The smallest absolute Gasteiger partial charge is 0.129 e. The van der Waals surface area contributed by atoms with Crippen molar-refractivity contribution in [2.24, 2.45) is 0 Å². The Labute approximate surface area is 76.2 Å². The van der Waals surface area contributed by atoms with Crippen LogP contribution in [0.3, 0.4) is 0 Å².